The fourth-order valence-electron chi connectivity index (χ4n) is 10.8. The van der Waals surface area contributed by atoms with Gasteiger partial charge in [-0.3, -0.25) is 14.4 Å². The summed E-state index contributed by atoms with van der Waals surface area (Å²) in [7, 11) is 3.55. The van der Waals surface area contributed by atoms with E-state index in [0.717, 1.165) is 71.7 Å². The van der Waals surface area contributed by atoms with E-state index < -0.39 is 35.3 Å². The first kappa shape index (κ1) is 60.3. The van der Waals surface area contributed by atoms with Crippen LogP contribution in [0.2, 0.25) is 0 Å². The van der Waals surface area contributed by atoms with Crippen LogP contribution in [0.1, 0.15) is 98.1 Å². The number of aromatic nitrogens is 8. The van der Waals surface area contributed by atoms with Crippen molar-refractivity contribution in [3.05, 3.63) is 189 Å². The van der Waals surface area contributed by atoms with Crippen LogP contribution in [-0.2, 0) is 44.1 Å². The molecule has 0 fully saturated rings. The van der Waals surface area contributed by atoms with Crippen molar-refractivity contribution in [1.29, 1.82) is 0 Å². The van der Waals surface area contributed by atoms with Gasteiger partial charge < -0.3 is 42.1 Å². The van der Waals surface area contributed by atoms with Gasteiger partial charge in [0.2, 0.25) is 17.8 Å². The molecule has 10 aromatic rings. The number of carbonyl (C=O) groups is 3. The van der Waals surface area contributed by atoms with Gasteiger partial charge in [0, 0.05) is 91.3 Å². The van der Waals surface area contributed by atoms with Gasteiger partial charge in [0.25, 0.3) is 11.8 Å². The highest BCUT2D eigenvalue weighted by atomic mass is 19.4. The number of nitrogens with zero attached hydrogens (tertiary/aromatic N) is 9. The lowest BCUT2D eigenvalue weighted by Crippen LogP contribution is -2.37. The molecule has 19 nitrogen and oxygen atoms in total. The number of hydrogen-bond acceptors (Lipinski definition) is 14. The average molecular weight is 1220 g/mol. The number of benzene rings is 6. The third kappa shape index (κ3) is 13.3. The van der Waals surface area contributed by atoms with Crippen molar-refractivity contribution < 1.29 is 40.7 Å². The van der Waals surface area contributed by atoms with Crippen LogP contribution in [-0.4, -0.2) is 75.2 Å². The van der Waals surface area contributed by atoms with Crippen LogP contribution >= 0.6 is 0 Å². The summed E-state index contributed by atoms with van der Waals surface area (Å²) in [6.07, 6.45) is -3.94. The molecule has 0 spiro atoms. The number of carbonyl (C=O) groups excluding carboxylic acids is 3. The van der Waals surface area contributed by atoms with Crippen LogP contribution in [0.3, 0.4) is 0 Å². The molecule has 6 heterocycles. The van der Waals surface area contributed by atoms with E-state index in [1.54, 1.807) is 79.2 Å². The predicted octanol–water partition coefficient (Wildman–Crippen LogP) is 13.5. The number of nitrogens with one attached hydrogen (secondary N) is 7. The normalized spacial score (nSPS) is 14.7. The third-order valence-corrected chi connectivity index (χ3v) is 15.6. The average Bonchev–Trinajstić information content (AvgIpc) is 2.43. The molecule has 4 aromatic heterocycles. The number of halogens is 6. The van der Waals surface area contributed by atoms with Gasteiger partial charge in [-0.25, -0.2) is 19.3 Å². The zero-order valence-corrected chi connectivity index (χ0v) is 49.2. The van der Waals surface area contributed by atoms with E-state index in [1.165, 1.54) is 41.0 Å². The van der Waals surface area contributed by atoms with Crippen molar-refractivity contribution in [1.82, 2.24) is 49.7 Å². The number of hydrogen-bond donors (Lipinski definition) is 7. The first-order valence-electron chi connectivity index (χ1n) is 28.3. The second-order valence-electron chi connectivity index (χ2n) is 21.8. The second-order valence-corrected chi connectivity index (χ2v) is 21.8. The highest BCUT2D eigenvalue weighted by molar-refractivity contribution is 6.05. The molecule has 3 amide bonds. The minimum absolute atomic E-state index is 0.0343. The quantitative estimate of drug-likeness (QED) is 0.0565. The minimum Gasteiger partial charge on any atom is -0.338 e. The summed E-state index contributed by atoms with van der Waals surface area (Å²) in [5, 5.41) is 32.5. The summed E-state index contributed by atoms with van der Waals surface area (Å²) in [6.45, 7) is 11.2. The first-order valence-corrected chi connectivity index (χ1v) is 28.3. The van der Waals surface area contributed by atoms with E-state index in [-0.39, 0.29) is 29.1 Å². The Morgan fingerprint density at radius 1 is 0.562 bits per heavy atom. The molecule has 25 heteroatoms. The van der Waals surface area contributed by atoms with Crippen LogP contribution in [0.4, 0.5) is 84.0 Å². The molecule has 0 aliphatic carbocycles. The van der Waals surface area contributed by atoms with Gasteiger partial charge in [0.1, 0.15) is 0 Å². The molecule has 6 aromatic carbocycles. The zero-order chi connectivity index (χ0) is 63.1. The topological polar surface area (TPSA) is 226 Å². The summed E-state index contributed by atoms with van der Waals surface area (Å²) in [4.78, 5) is 57.8. The van der Waals surface area contributed by atoms with E-state index in [9.17, 15) is 40.7 Å². The molecule has 89 heavy (non-hydrogen) atoms. The number of fused-ring (bicyclic) bond motifs is 4. The smallest absolute Gasteiger partial charge is 0.338 e. The zero-order valence-electron chi connectivity index (χ0n) is 49.2. The summed E-state index contributed by atoms with van der Waals surface area (Å²) in [6, 6.07) is 31.5. The van der Waals surface area contributed by atoms with Crippen molar-refractivity contribution in [3.63, 3.8) is 0 Å². The molecule has 0 bridgehead atoms. The molecule has 0 radical (unpaired) electrons. The van der Waals surface area contributed by atoms with E-state index in [2.05, 4.69) is 92.5 Å². The lowest BCUT2D eigenvalue weighted by molar-refractivity contribution is -0.138. The summed E-state index contributed by atoms with van der Waals surface area (Å²) < 4.78 is 82.0. The van der Waals surface area contributed by atoms with Crippen LogP contribution < -0.4 is 37.2 Å². The number of amides is 3. The molecule has 2 atom stereocenters. The molecule has 2 aliphatic rings. The van der Waals surface area contributed by atoms with E-state index in [1.807, 2.05) is 43.9 Å². The van der Waals surface area contributed by atoms with Gasteiger partial charge in [-0.05, 0) is 165 Å². The number of anilines is 10. The maximum Gasteiger partial charge on any atom is 0.416 e. The highest BCUT2D eigenvalue weighted by Crippen LogP contribution is 2.36. The van der Waals surface area contributed by atoms with Gasteiger partial charge in [-0.2, -0.15) is 46.5 Å². The van der Waals surface area contributed by atoms with Gasteiger partial charge in [0.15, 0.2) is 22.9 Å². The van der Waals surface area contributed by atoms with E-state index in [4.69, 9.17) is 0 Å². The fourth-order valence-corrected chi connectivity index (χ4v) is 10.8. The Morgan fingerprint density at radius 2 is 1.02 bits per heavy atom. The first-order chi connectivity index (χ1) is 42.4. The number of rotatable bonds is 12. The van der Waals surface area contributed by atoms with E-state index in [0.29, 0.717) is 74.9 Å². The molecule has 456 valence electrons. The molecule has 0 saturated heterocycles. The molecule has 0 saturated carbocycles. The van der Waals surface area contributed by atoms with Crippen molar-refractivity contribution in [2.45, 2.75) is 71.9 Å². The van der Waals surface area contributed by atoms with Gasteiger partial charge >= 0.3 is 12.4 Å². The molecular weight excluding hydrogens is 1150 g/mol. The lowest BCUT2D eigenvalue weighted by Gasteiger charge is -2.34. The predicted molar refractivity (Wildman–Crippen MR) is 329 cm³/mol. The Bertz CT molecular complexity index is 4390. The maximum absolute atomic E-state index is 13.1. The third-order valence-electron chi connectivity index (χ3n) is 15.6. The summed E-state index contributed by atoms with van der Waals surface area (Å²) >= 11 is 0. The largest absolute Gasteiger partial charge is 0.416 e. The van der Waals surface area contributed by atoms with Crippen LogP contribution in [0.25, 0.3) is 22.1 Å². The molecular formula is C64H60F6N16O3. The van der Waals surface area contributed by atoms with Gasteiger partial charge in [-0.15, -0.1) is 0 Å². The van der Waals surface area contributed by atoms with Crippen LogP contribution in [0.15, 0.2) is 134 Å². The van der Waals surface area contributed by atoms with Crippen molar-refractivity contribution in [2.75, 3.05) is 45.0 Å². The second kappa shape index (κ2) is 24.4. The van der Waals surface area contributed by atoms with Crippen molar-refractivity contribution >= 4 is 97.4 Å². The minimum atomic E-state index is -4.55. The SMILES string of the molecule is CC(=O)N1CCc2ccc(Nc3ncc4c(Nc5cc(NC(=O)c6cccc(C(F)(F)F)c6)ccc5C)nn(C)c4n3)cc2C1C.Cc1ccc(NC(=O)c2cccc(C(F)(F)F)c2)cc1Nc1nn(C)c2nc(Nc3ccc4c(c3)C(C)NCC4)ncc12. The Hall–Kier alpha value is -10.4. The van der Waals surface area contributed by atoms with Crippen molar-refractivity contribution in [2.24, 2.45) is 14.1 Å². The summed E-state index contributed by atoms with van der Waals surface area (Å²) in [5.41, 5.74) is 9.59. The van der Waals surface area contributed by atoms with Crippen LogP contribution in [0, 0.1) is 13.8 Å². The van der Waals surface area contributed by atoms with E-state index >= 15 is 0 Å². The monoisotopic (exact) mass is 1210 g/mol. The van der Waals surface area contributed by atoms with Crippen molar-refractivity contribution in [3.8, 4) is 0 Å². The lowest BCUT2D eigenvalue weighted by atomic mass is 9.93. The molecule has 2 aliphatic heterocycles. The molecule has 12 rings (SSSR count). The van der Waals surface area contributed by atoms with Gasteiger partial charge in [-0.1, -0.05) is 36.4 Å². The molecule has 7 N–H and O–H groups in total. The summed E-state index contributed by atoms with van der Waals surface area (Å²) in [5.74, 6) is 0.554. The molecule has 2 unspecified atom stereocenters. The maximum atomic E-state index is 13.1. The Kier molecular flexibility index (Phi) is 16.5. The number of alkyl halides is 6. The standard InChI is InChI=1S/C33H31F3N8O2.C31H29F3N8O/c1-18-8-10-25(38-31(46)22-6-5-7-23(14-22)33(34,35)36)16-28(18)40-29-27-17-37-32(41-30(27)43(4)42-29)39-24-11-9-21-12-13-44(20(3)45)19(2)26(21)15-24;1-17-7-9-23(37-29(43)20-5-4-6-21(13-20)31(32,33)34)15-26(17)39-27-25-16-36-30(40-28(25)42(3)41-27)38-22-10-8-19-11-12-35-18(2)24(19)14-22/h5-11,14-17,19H,12-13H2,1-4H3,(H,38,46)(H,40,42)(H,37,39,41);4-10,13-16,18,35H,11-12H2,1-3H3,(H,37,43)(H,39,41)(H,36,38,40). The van der Waals surface area contributed by atoms with Gasteiger partial charge in [0.05, 0.1) is 27.9 Å². The fraction of sp³-hybridized carbons (Fsp3) is 0.234. The Labute approximate surface area is 506 Å². The Morgan fingerprint density at radius 3 is 1.49 bits per heavy atom. The highest BCUT2D eigenvalue weighted by Gasteiger charge is 2.33. The van der Waals surface area contributed by atoms with Crippen LogP contribution in [0.5, 0.6) is 0 Å². The Balaban J connectivity index is 0.000000184. The number of aryl methyl sites for hydroxylation is 4.